The number of nitrogens with zero attached hydrogens (tertiary/aromatic N) is 3. The molecule has 2 aromatic heterocycles. The third-order valence-electron chi connectivity index (χ3n) is 5.06. The van der Waals surface area contributed by atoms with E-state index >= 15 is 0 Å². The molecule has 0 aliphatic rings. The van der Waals surface area contributed by atoms with E-state index in [1.807, 2.05) is 26.0 Å². The molecule has 0 saturated carbocycles. The summed E-state index contributed by atoms with van der Waals surface area (Å²) in [5.41, 5.74) is 3.38. The van der Waals surface area contributed by atoms with Crippen LogP contribution >= 0.6 is 0 Å². The van der Waals surface area contributed by atoms with Gasteiger partial charge in [-0.15, -0.1) is 0 Å². The second-order valence-electron chi connectivity index (χ2n) is 7.19. The molecule has 0 unspecified atom stereocenters. The van der Waals surface area contributed by atoms with Crippen molar-refractivity contribution in [3.05, 3.63) is 110 Å². The van der Waals surface area contributed by atoms with Crippen LogP contribution in [0.1, 0.15) is 22.3 Å². The summed E-state index contributed by atoms with van der Waals surface area (Å²) in [6, 6.07) is 15.2. The van der Waals surface area contributed by atoms with Gasteiger partial charge in [-0.2, -0.15) is 0 Å². The quantitative estimate of drug-likeness (QED) is 0.537. The summed E-state index contributed by atoms with van der Waals surface area (Å²) in [5, 5.41) is 0.374. The maximum absolute atomic E-state index is 13.3. The number of aromatic nitrogens is 3. The van der Waals surface area contributed by atoms with Gasteiger partial charge in [0, 0.05) is 6.20 Å². The highest BCUT2D eigenvalue weighted by Crippen LogP contribution is 2.14. The van der Waals surface area contributed by atoms with Gasteiger partial charge in [0.2, 0.25) is 0 Å². The summed E-state index contributed by atoms with van der Waals surface area (Å²) in [4.78, 5) is 30.5. The molecule has 5 nitrogen and oxygen atoms in total. The monoisotopic (exact) mass is 389 g/mol. The Morgan fingerprint density at radius 2 is 1.69 bits per heavy atom. The lowest BCUT2D eigenvalue weighted by Gasteiger charge is -2.15. The van der Waals surface area contributed by atoms with Gasteiger partial charge in [-0.05, 0) is 54.8 Å². The summed E-state index contributed by atoms with van der Waals surface area (Å²) >= 11 is 0. The molecule has 0 aliphatic carbocycles. The second-order valence-corrected chi connectivity index (χ2v) is 7.19. The molecular weight excluding hydrogens is 369 g/mol. The van der Waals surface area contributed by atoms with Crippen molar-refractivity contribution in [2.45, 2.75) is 26.9 Å². The number of fused-ring (bicyclic) bond motifs is 1. The number of hydrogen-bond donors (Lipinski definition) is 0. The number of hydrogen-bond acceptors (Lipinski definition) is 3. The van der Waals surface area contributed by atoms with Crippen LogP contribution in [0.5, 0.6) is 0 Å². The zero-order valence-corrected chi connectivity index (χ0v) is 16.2. The molecule has 0 atom stereocenters. The number of pyridine rings is 1. The zero-order valence-electron chi connectivity index (χ0n) is 16.2. The molecule has 29 heavy (non-hydrogen) atoms. The minimum Gasteiger partial charge on any atom is -0.273 e. The van der Waals surface area contributed by atoms with Crippen molar-refractivity contribution in [3.63, 3.8) is 0 Å². The fraction of sp³-hybridized carbons (Fsp3) is 0.174. The molecule has 0 spiro atoms. The standard InChI is InChI=1S/C23H20FN3O2/c1-15-5-8-18(16(2)12-15)14-26-21-20(4-3-11-25-21)22(28)27(23(26)29)13-17-6-9-19(24)10-7-17/h3-12H,13-14H2,1-2H3. The maximum Gasteiger partial charge on any atom is 0.333 e. The molecule has 146 valence electrons. The molecule has 0 aliphatic heterocycles. The van der Waals surface area contributed by atoms with Crippen LogP contribution in [0.3, 0.4) is 0 Å². The average Bonchev–Trinajstić information content (AvgIpc) is 2.71. The number of rotatable bonds is 4. The van der Waals surface area contributed by atoms with Gasteiger partial charge in [0.05, 0.1) is 18.5 Å². The van der Waals surface area contributed by atoms with E-state index in [2.05, 4.69) is 11.1 Å². The van der Waals surface area contributed by atoms with Crippen molar-refractivity contribution in [1.82, 2.24) is 14.1 Å². The number of halogens is 1. The zero-order chi connectivity index (χ0) is 20.5. The summed E-state index contributed by atoms with van der Waals surface area (Å²) in [7, 11) is 0. The third kappa shape index (κ3) is 3.61. The number of benzene rings is 2. The van der Waals surface area contributed by atoms with Crippen molar-refractivity contribution in [3.8, 4) is 0 Å². The fourth-order valence-electron chi connectivity index (χ4n) is 3.50. The summed E-state index contributed by atoms with van der Waals surface area (Å²) in [6.07, 6.45) is 1.57. The predicted octanol–water partition coefficient (Wildman–Crippen LogP) is 3.41. The van der Waals surface area contributed by atoms with Gasteiger partial charge in [-0.3, -0.25) is 13.9 Å². The highest BCUT2D eigenvalue weighted by Gasteiger charge is 2.15. The molecule has 0 bridgehead atoms. The smallest absolute Gasteiger partial charge is 0.273 e. The van der Waals surface area contributed by atoms with Crippen LogP contribution in [0.2, 0.25) is 0 Å². The van der Waals surface area contributed by atoms with E-state index in [0.29, 0.717) is 23.1 Å². The Hall–Kier alpha value is -3.54. The van der Waals surface area contributed by atoms with E-state index < -0.39 is 11.2 Å². The van der Waals surface area contributed by atoms with Crippen LogP contribution in [0.4, 0.5) is 4.39 Å². The summed E-state index contributed by atoms with van der Waals surface area (Å²) < 4.78 is 15.9. The Morgan fingerprint density at radius 3 is 2.41 bits per heavy atom. The minimum absolute atomic E-state index is 0.0651. The van der Waals surface area contributed by atoms with Crippen molar-refractivity contribution in [2.75, 3.05) is 0 Å². The fourth-order valence-corrected chi connectivity index (χ4v) is 3.50. The third-order valence-corrected chi connectivity index (χ3v) is 5.06. The summed E-state index contributed by atoms with van der Waals surface area (Å²) in [5.74, 6) is -0.365. The van der Waals surface area contributed by atoms with Gasteiger partial charge >= 0.3 is 5.69 Å². The molecule has 0 saturated heterocycles. The van der Waals surface area contributed by atoms with Gasteiger partial charge < -0.3 is 0 Å². The predicted molar refractivity (Wildman–Crippen MR) is 111 cm³/mol. The normalized spacial score (nSPS) is 11.1. The largest absolute Gasteiger partial charge is 0.333 e. The van der Waals surface area contributed by atoms with Crippen molar-refractivity contribution < 1.29 is 4.39 Å². The average molecular weight is 389 g/mol. The minimum atomic E-state index is -0.439. The Morgan fingerprint density at radius 1 is 0.931 bits per heavy atom. The van der Waals surface area contributed by atoms with Crippen LogP contribution in [0.15, 0.2) is 70.4 Å². The Kier molecular flexibility index (Phi) is 4.84. The van der Waals surface area contributed by atoms with E-state index in [4.69, 9.17) is 0 Å². The van der Waals surface area contributed by atoms with Gasteiger partial charge in [0.25, 0.3) is 5.56 Å². The first-order valence-corrected chi connectivity index (χ1v) is 9.33. The summed E-state index contributed by atoms with van der Waals surface area (Å²) in [6.45, 7) is 4.39. The van der Waals surface area contributed by atoms with Crippen LogP contribution in [0.25, 0.3) is 11.0 Å². The molecule has 0 amide bonds. The van der Waals surface area contributed by atoms with Gasteiger partial charge in [0.15, 0.2) is 0 Å². The van der Waals surface area contributed by atoms with Crippen molar-refractivity contribution in [1.29, 1.82) is 0 Å². The van der Waals surface area contributed by atoms with Crippen molar-refractivity contribution >= 4 is 11.0 Å². The van der Waals surface area contributed by atoms with Crippen LogP contribution in [-0.2, 0) is 13.1 Å². The van der Waals surface area contributed by atoms with E-state index in [-0.39, 0.29) is 12.4 Å². The Bertz CT molecular complexity index is 1320. The molecule has 0 fully saturated rings. The first-order chi connectivity index (χ1) is 13.9. The Labute approximate surface area is 166 Å². The number of aryl methyl sites for hydroxylation is 2. The molecule has 0 N–H and O–H groups in total. The molecular formula is C23H20FN3O2. The van der Waals surface area contributed by atoms with Crippen LogP contribution in [0, 0.1) is 19.7 Å². The second kappa shape index (κ2) is 7.47. The highest BCUT2D eigenvalue weighted by molar-refractivity contribution is 5.73. The lowest BCUT2D eigenvalue weighted by molar-refractivity contribution is 0.618. The van der Waals surface area contributed by atoms with Gasteiger partial charge in [0.1, 0.15) is 11.5 Å². The van der Waals surface area contributed by atoms with E-state index in [9.17, 15) is 14.0 Å². The first-order valence-electron chi connectivity index (χ1n) is 9.33. The van der Waals surface area contributed by atoms with Crippen LogP contribution < -0.4 is 11.2 Å². The lowest BCUT2D eigenvalue weighted by atomic mass is 10.1. The van der Waals surface area contributed by atoms with Gasteiger partial charge in [-0.1, -0.05) is 35.9 Å². The molecule has 4 aromatic rings. The van der Waals surface area contributed by atoms with E-state index in [1.54, 1.807) is 30.5 Å². The molecule has 6 heteroatoms. The van der Waals surface area contributed by atoms with E-state index in [0.717, 1.165) is 16.7 Å². The Balaban J connectivity index is 1.90. The SMILES string of the molecule is Cc1ccc(Cn2c(=O)n(Cc3ccc(F)cc3)c(=O)c3cccnc32)c(C)c1. The molecule has 2 aromatic carbocycles. The van der Waals surface area contributed by atoms with Crippen molar-refractivity contribution in [2.24, 2.45) is 0 Å². The topological polar surface area (TPSA) is 56.9 Å². The van der Waals surface area contributed by atoms with Gasteiger partial charge in [-0.25, -0.2) is 14.2 Å². The first kappa shape index (κ1) is 18.8. The molecule has 0 radical (unpaired) electrons. The lowest BCUT2D eigenvalue weighted by Crippen LogP contribution is -2.41. The van der Waals surface area contributed by atoms with E-state index in [1.165, 1.54) is 21.3 Å². The molecule has 2 heterocycles. The highest BCUT2D eigenvalue weighted by atomic mass is 19.1. The maximum atomic E-state index is 13.3. The van der Waals surface area contributed by atoms with Crippen LogP contribution in [-0.4, -0.2) is 14.1 Å². The molecule has 4 rings (SSSR count).